The van der Waals surface area contributed by atoms with E-state index >= 15 is 0 Å². The number of pyridine rings is 1. The molecular weight excluding hydrogens is 192 g/mol. The predicted octanol–water partition coefficient (Wildman–Crippen LogP) is 1.93. The summed E-state index contributed by atoms with van der Waals surface area (Å²) in [6, 6.07) is 4.20. The quantitative estimate of drug-likeness (QED) is 0.728. The Balaban J connectivity index is 2.60. The second-order valence-corrected chi connectivity index (χ2v) is 3.50. The van der Waals surface area contributed by atoms with Crippen molar-refractivity contribution < 1.29 is 9.47 Å². The first-order valence-electron chi connectivity index (χ1n) is 5.07. The van der Waals surface area contributed by atoms with Crippen LogP contribution in [0.5, 0.6) is 5.88 Å². The van der Waals surface area contributed by atoms with Gasteiger partial charge in [0.2, 0.25) is 5.88 Å². The molecule has 0 fully saturated rings. The van der Waals surface area contributed by atoms with Crippen molar-refractivity contribution in [3.05, 3.63) is 18.3 Å². The Morgan fingerprint density at radius 1 is 1.40 bits per heavy atom. The zero-order valence-corrected chi connectivity index (χ0v) is 9.49. The van der Waals surface area contributed by atoms with Gasteiger partial charge in [-0.25, -0.2) is 4.98 Å². The third-order valence-electron chi connectivity index (χ3n) is 1.74. The van der Waals surface area contributed by atoms with Gasteiger partial charge in [0.05, 0.1) is 12.3 Å². The number of hydrogen-bond acceptors (Lipinski definition) is 4. The van der Waals surface area contributed by atoms with Crippen molar-refractivity contribution in [2.75, 3.05) is 25.6 Å². The minimum Gasteiger partial charge on any atom is -0.474 e. The smallest absolute Gasteiger partial charge is 0.237 e. The Labute approximate surface area is 90.6 Å². The number of anilines is 1. The summed E-state index contributed by atoms with van der Waals surface area (Å²) in [5.41, 5.74) is 0.920. The molecule has 1 heterocycles. The van der Waals surface area contributed by atoms with E-state index < -0.39 is 0 Å². The highest BCUT2D eigenvalue weighted by Gasteiger charge is 2.04. The summed E-state index contributed by atoms with van der Waals surface area (Å²) in [4.78, 5) is 4.16. The van der Waals surface area contributed by atoms with Crippen molar-refractivity contribution in [2.45, 2.75) is 19.9 Å². The first kappa shape index (κ1) is 11.8. The molecule has 1 aromatic rings. The van der Waals surface area contributed by atoms with E-state index in [9.17, 15) is 0 Å². The summed E-state index contributed by atoms with van der Waals surface area (Å²) in [7, 11) is 1.65. The van der Waals surface area contributed by atoms with E-state index in [4.69, 9.17) is 9.47 Å². The molecule has 15 heavy (non-hydrogen) atoms. The molecule has 4 nitrogen and oxygen atoms in total. The fraction of sp³-hybridized carbons (Fsp3) is 0.545. The predicted molar refractivity (Wildman–Crippen MR) is 60.4 cm³/mol. The van der Waals surface area contributed by atoms with Crippen LogP contribution < -0.4 is 10.1 Å². The topological polar surface area (TPSA) is 43.4 Å². The molecule has 0 amide bonds. The van der Waals surface area contributed by atoms with E-state index in [2.05, 4.69) is 24.1 Å². The number of nitrogens with zero attached hydrogens (tertiary/aromatic N) is 1. The lowest BCUT2D eigenvalue weighted by Crippen LogP contribution is -2.13. The van der Waals surface area contributed by atoms with E-state index in [1.165, 1.54) is 0 Å². The molecule has 0 spiro atoms. The van der Waals surface area contributed by atoms with Crippen molar-refractivity contribution in [3.63, 3.8) is 0 Å². The van der Waals surface area contributed by atoms with Gasteiger partial charge in [0, 0.05) is 19.3 Å². The summed E-state index contributed by atoms with van der Waals surface area (Å²) in [6.07, 6.45) is 1.72. The van der Waals surface area contributed by atoms with E-state index in [1.807, 2.05) is 12.1 Å². The van der Waals surface area contributed by atoms with Crippen LogP contribution in [0.15, 0.2) is 18.3 Å². The molecule has 1 rings (SSSR count). The standard InChI is InChI=1S/C11H18N2O2/c1-9(2)13-10-5-4-6-12-11(10)15-8-7-14-3/h4-6,9,13H,7-8H2,1-3H3. The number of methoxy groups -OCH3 is 1. The molecule has 4 heteroatoms. The molecule has 0 aliphatic rings. The Hall–Kier alpha value is -1.29. The number of aromatic nitrogens is 1. The Bertz CT molecular complexity index is 290. The highest BCUT2D eigenvalue weighted by Crippen LogP contribution is 2.20. The van der Waals surface area contributed by atoms with Crippen LogP contribution in [0.1, 0.15) is 13.8 Å². The van der Waals surface area contributed by atoms with E-state index in [1.54, 1.807) is 13.3 Å². The maximum Gasteiger partial charge on any atom is 0.237 e. The highest BCUT2D eigenvalue weighted by atomic mass is 16.5. The molecular formula is C11H18N2O2. The molecule has 0 aliphatic heterocycles. The van der Waals surface area contributed by atoms with Crippen molar-refractivity contribution in [2.24, 2.45) is 0 Å². The lowest BCUT2D eigenvalue weighted by molar-refractivity contribution is 0.144. The molecule has 0 saturated carbocycles. The number of rotatable bonds is 6. The minimum atomic E-state index is 0.360. The number of hydrogen-bond donors (Lipinski definition) is 1. The van der Waals surface area contributed by atoms with Crippen molar-refractivity contribution in [1.82, 2.24) is 4.98 Å². The van der Waals surface area contributed by atoms with E-state index in [0.717, 1.165) is 5.69 Å². The molecule has 1 aromatic heterocycles. The zero-order valence-electron chi connectivity index (χ0n) is 9.49. The monoisotopic (exact) mass is 210 g/mol. The molecule has 0 radical (unpaired) electrons. The van der Waals surface area contributed by atoms with Crippen LogP contribution in [-0.2, 0) is 4.74 Å². The van der Waals surface area contributed by atoms with E-state index in [-0.39, 0.29) is 0 Å². The van der Waals surface area contributed by atoms with Gasteiger partial charge in [-0.2, -0.15) is 0 Å². The van der Waals surface area contributed by atoms with Gasteiger partial charge in [-0.15, -0.1) is 0 Å². The van der Waals surface area contributed by atoms with Crippen LogP contribution >= 0.6 is 0 Å². The molecule has 84 valence electrons. The van der Waals surface area contributed by atoms with Crippen LogP contribution in [0.4, 0.5) is 5.69 Å². The second-order valence-electron chi connectivity index (χ2n) is 3.50. The molecule has 0 bridgehead atoms. The van der Waals surface area contributed by atoms with Crippen LogP contribution in [0.2, 0.25) is 0 Å². The van der Waals surface area contributed by atoms with Gasteiger partial charge in [-0.05, 0) is 26.0 Å². The van der Waals surface area contributed by atoms with Crippen LogP contribution in [0.25, 0.3) is 0 Å². The molecule has 0 saturated heterocycles. The highest BCUT2D eigenvalue weighted by molar-refractivity contribution is 5.52. The number of nitrogens with one attached hydrogen (secondary N) is 1. The van der Waals surface area contributed by atoms with Crippen molar-refractivity contribution in [1.29, 1.82) is 0 Å². The SMILES string of the molecule is COCCOc1ncccc1NC(C)C. The third-order valence-corrected chi connectivity index (χ3v) is 1.74. The fourth-order valence-corrected chi connectivity index (χ4v) is 1.15. The maximum atomic E-state index is 5.48. The van der Waals surface area contributed by atoms with Gasteiger partial charge in [0.1, 0.15) is 6.61 Å². The lowest BCUT2D eigenvalue weighted by atomic mass is 10.3. The summed E-state index contributed by atoms with van der Waals surface area (Å²) in [5, 5.41) is 3.27. The Kier molecular flexibility index (Phi) is 4.90. The minimum absolute atomic E-state index is 0.360. The van der Waals surface area contributed by atoms with Gasteiger partial charge in [-0.3, -0.25) is 0 Å². The molecule has 0 atom stereocenters. The van der Waals surface area contributed by atoms with E-state index in [0.29, 0.717) is 25.1 Å². The molecule has 1 N–H and O–H groups in total. The van der Waals surface area contributed by atoms with Crippen molar-refractivity contribution >= 4 is 5.69 Å². The van der Waals surface area contributed by atoms with Crippen LogP contribution in [0.3, 0.4) is 0 Å². The molecule has 0 unspecified atom stereocenters. The molecule has 0 aromatic carbocycles. The summed E-state index contributed by atoms with van der Waals surface area (Å²) >= 11 is 0. The molecule has 0 aliphatic carbocycles. The summed E-state index contributed by atoms with van der Waals surface area (Å²) in [6.45, 7) is 5.23. The average molecular weight is 210 g/mol. The second kappa shape index (κ2) is 6.24. The van der Waals surface area contributed by atoms with Gasteiger partial charge >= 0.3 is 0 Å². The largest absolute Gasteiger partial charge is 0.474 e. The van der Waals surface area contributed by atoms with Crippen LogP contribution in [0, 0.1) is 0 Å². The fourth-order valence-electron chi connectivity index (χ4n) is 1.15. The van der Waals surface area contributed by atoms with Gasteiger partial charge in [-0.1, -0.05) is 0 Å². The summed E-state index contributed by atoms with van der Waals surface area (Å²) < 4.78 is 10.4. The van der Waals surface area contributed by atoms with Crippen molar-refractivity contribution in [3.8, 4) is 5.88 Å². The first-order valence-corrected chi connectivity index (χ1v) is 5.07. The van der Waals surface area contributed by atoms with Crippen LogP contribution in [-0.4, -0.2) is 31.3 Å². The third kappa shape index (κ3) is 4.16. The Morgan fingerprint density at radius 2 is 2.20 bits per heavy atom. The first-order chi connectivity index (χ1) is 7.24. The lowest BCUT2D eigenvalue weighted by Gasteiger charge is -2.13. The average Bonchev–Trinajstić information content (AvgIpc) is 2.20. The normalized spacial score (nSPS) is 10.4. The Morgan fingerprint density at radius 3 is 2.87 bits per heavy atom. The summed E-state index contributed by atoms with van der Waals surface area (Å²) in [5.74, 6) is 0.628. The maximum absolute atomic E-state index is 5.48. The zero-order chi connectivity index (χ0) is 11.1. The van der Waals surface area contributed by atoms with Gasteiger partial charge in [0.15, 0.2) is 0 Å². The van der Waals surface area contributed by atoms with Gasteiger partial charge < -0.3 is 14.8 Å². The van der Waals surface area contributed by atoms with Gasteiger partial charge in [0.25, 0.3) is 0 Å². The number of ether oxygens (including phenoxy) is 2.